The van der Waals surface area contributed by atoms with E-state index in [2.05, 4.69) is 90.5 Å². The van der Waals surface area contributed by atoms with Gasteiger partial charge in [-0.05, 0) is 60.4 Å². The van der Waals surface area contributed by atoms with E-state index >= 15 is 0 Å². The number of terminal acetylenes is 1. The second kappa shape index (κ2) is 8.26. The van der Waals surface area contributed by atoms with Crippen molar-refractivity contribution >= 4 is 16.7 Å². The van der Waals surface area contributed by atoms with Crippen LogP contribution in [0.1, 0.15) is 25.5 Å². The lowest BCUT2D eigenvalue weighted by Gasteiger charge is -2.10. The number of nitrogens with one attached hydrogen (secondary N) is 1. The Labute approximate surface area is 177 Å². The van der Waals surface area contributed by atoms with Gasteiger partial charge in [-0.2, -0.15) is 0 Å². The fourth-order valence-corrected chi connectivity index (χ4v) is 3.54. The van der Waals surface area contributed by atoms with E-state index in [1.165, 1.54) is 0 Å². The Morgan fingerprint density at radius 2 is 1.63 bits per heavy atom. The summed E-state index contributed by atoms with van der Waals surface area (Å²) < 4.78 is 1.94. The normalized spacial score (nSPS) is 10.9. The Morgan fingerprint density at radius 1 is 1.00 bits per heavy atom. The molecule has 1 heterocycles. The van der Waals surface area contributed by atoms with Crippen LogP contribution < -0.4 is 5.32 Å². The van der Waals surface area contributed by atoms with Crippen molar-refractivity contribution in [1.29, 1.82) is 0 Å². The summed E-state index contributed by atoms with van der Waals surface area (Å²) in [6.07, 6.45) is 7.52. The van der Waals surface area contributed by atoms with Crippen molar-refractivity contribution in [2.75, 3.05) is 11.9 Å². The van der Waals surface area contributed by atoms with Crippen molar-refractivity contribution in [3.05, 3.63) is 78.9 Å². The third-order valence-electron chi connectivity index (χ3n) is 5.12. The maximum absolute atomic E-state index is 5.71. The van der Waals surface area contributed by atoms with E-state index in [1.807, 2.05) is 22.9 Å². The van der Waals surface area contributed by atoms with Gasteiger partial charge in [0.2, 0.25) is 0 Å². The van der Waals surface area contributed by atoms with Crippen LogP contribution in [0.4, 0.5) is 5.69 Å². The topological polar surface area (TPSA) is 42.7 Å². The molecule has 4 heteroatoms. The first-order valence-corrected chi connectivity index (χ1v) is 10.0. The SMILES string of the molecule is C#Cc1cc(-c2ccc(-c3ccc4c(c3)nnn4C(C)C)cc2)ccc1NCC=C. The molecule has 148 valence electrons. The van der Waals surface area contributed by atoms with Gasteiger partial charge in [-0.25, -0.2) is 4.68 Å². The lowest BCUT2D eigenvalue weighted by molar-refractivity contribution is 0.530. The number of hydrogen-bond donors (Lipinski definition) is 1. The first-order valence-electron chi connectivity index (χ1n) is 10.0. The highest BCUT2D eigenvalue weighted by Crippen LogP contribution is 2.29. The summed E-state index contributed by atoms with van der Waals surface area (Å²) in [5.74, 6) is 2.77. The fourth-order valence-electron chi connectivity index (χ4n) is 3.54. The number of fused-ring (bicyclic) bond motifs is 1. The van der Waals surface area contributed by atoms with Gasteiger partial charge in [0.25, 0.3) is 0 Å². The van der Waals surface area contributed by atoms with Crippen LogP contribution in [0.15, 0.2) is 73.3 Å². The van der Waals surface area contributed by atoms with Gasteiger partial charge in [0, 0.05) is 18.2 Å². The van der Waals surface area contributed by atoms with Crippen molar-refractivity contribution in [1.82, 2.24) is 15.0 Å². The molecule has 0 atom stereocenters. The third-order valence-corrected chi connectivity index (χ3v) is 5.12. The molecule has 0 fully saturated rings. The van der Waals surface area contributed by atoms with Gasteiger partial charge in [0.15, 0.2) is 0 Å². The molecular formula is C26H24N4. The number of rotatable bonds is 6. The van der Waals surface area contributed by atoms with Crippen LogP contribution in [-0.4, -0.2) is 21.5 Å². The summed E-state index contributed by atoms with van der Waals surface area (Å²) in [4.78, 5) is 0. The van der Waals surface area contributed by atoms with Crippen molar-refractivity contribution in [2.24, 2.45) is 0 Å². The van der Waals surface area contributed by atoms with Gasteiger partial charge >= 0.3 is 0 Å². The zero-order valence-corrected chi connectivity index (χ0v) is 17.3. The Bertz CT molecular complexity index is 1240. The molecule has 4 rings (SSSR count). The molecule has 0 aliphatic heterocycles. The minimum atomic E-state index is 0.284. The van der Waals surface area contributed by atoms with E-state index in [-0.39, 0.29) is 6.04 Å². The maximum atomic E-state index is 5.71. The van der Waals surface area contributed by atoms with Crippen LogP contribution in [0.5, 0.6) is 0 Å². The minimum Gasteiger partial charge on any atom is -0.381 e. The minimum absolute atomic E-state index is 0.284. The molecule has 1 aromatic heterocycles. The Morgan fingerprint density at radius 3 is 2.27 bits per heavy atom. The molecule has 0 amide bonds. The van der Waals surface area contributed by atoms with E-state index < -0.39 is 0 Å². The molecule has 0 unspecified atom stereocenters. The number of nitrogens with zero attached hydrogens (tertiary/aromatic N) is 3. The van der Waals surface area contributed by atoms with Crippen molar-refractivity contribution in [2.45, 2.75) is 19.9 Å². The average molecular weight is 393 g/mol. The standard InChI is InChI=1S/C26H24N4/c1-5-15-27-24-13-11-22(16-19(24)6-2)20-7-9-21(10-8-20)23-12-14-26-25(17-23)28-29-30(26)18(3)4/h2,5,7-14,16-18,27H,1,15H2,3-4H3. The highest BCUT2D eigenvalue weighted by atomic mass is 15.4. The van der Waals surface area contributed by atoms with Gasteiger partial charge in [-0.1, -0.05) is 53.6 Å². The lowest BCUT2D eigenvalue weighted by atomic mass is 9.98. The first-order chi connectivity index (χ1) is 14.6. The van der Waals surface area contributed by atoms with E-state index in [1.54, 1.807) is 0 Å². The molecule has 3 aromatic carbocycles. The van der Waals surface area contributed by atoms with Gasteiger partial charge < -0.3 is 5.32 Å². The summed E-state index contributed by atoms with van der Waals surface area (Å²) in [7, 11) is 0. The predicted octanol–water partition coefficient (Wildman–Crippen LogP) is 5.93. The van der Waals surface area contributed by atoms with Crippen molar-refractivity contribution < 1.29 is 0 Å². The smallest absolute Gasteiger partial charge is 0.113 e. The molecule has 0 radical (unpaired) electrons. The summed E-state index contributed by atoms with van der Waals surface area (Å²) in [6, 6.07) is 21.2. The van der Waals surface area contributed by atoms with Crippen LogP contribution in [0.3, 0.4) is 0 Å². The molecular weight excluding hydrogens is 368 g/mol. The molecule has 4 aromatic rings. The molecule has 0 bridgehead atoms. The van der Waals surface area contributed by atoms with Crippen molar-refractivity contribution in [3.8, 4) is 34.6 Å². The fraction of sp³-hybridized carbons (Fsp3) is 0.154. The van der Waals surface area contributed by atoms with Crippen molar-refractivity contribution in [3.63, 3.8) is 0 Å². The van der Waals surface area contributed by atoms with Gasteiger partial charge in [-0.3, -0.25) is 0 Å². The molecule has 1 N–H and O–H groups in total. The molecule has 0 aliphatic rings. The van der Waals surface area contributed by atoms with Gasteiger partial charge in [0.1, 0.15) is 5.52 Å². The summed E-state index contributed by atoms with van der Waals surface area (Å²) in [6.45, 7) is 8.62. The highest BCUT2D eigenvalue weighted by molar-refractivity contribution is 5.82. The van der Waals surface area contributed by atoms with E-state index in [9.17, 15) is 0 Å². The summed E-state index contributed by atoms with van der Waals surface area (Å²) >= 11 is 0. The number of benzene rings is 3. The molecule has 0 aliphatic carbocycles. The molecule has 0 saturated carbocycles. The largest absolute Gasteiger partial charge is 0.381 e. The molecule has 0 spiro atoms. The number of hydrogen-bond acceptors (Lipinski definition) is 3. The average Bonchev–Trinajstić information content (AvgIpc) is 3.21. The van der Waals surface area contributed by atoms with Crippen LogP contribution in [0.25, 0.3) is 33.3 Å². The highest BCUT2D eigenvalue weighted by Gasteiger charge is 2.09. The second-order valence-electron chi connectivity index (χ2n) is 7.48. The van der Waals surface area contributed by atoms with Gasteiger partial charge in [0.05, 0.1) is 11.2 Å². The van der Waals surface area contributed by atoms with E-state index in [4.69, 9.17) is 6.42 Å². The molecule has 30 heavy (non-hydrogen) atoms. The Kier molecular flexibility index (Phi) is 5.36. The number of aromatic nitrogens is 3. The third kappa shape index (κ3) is 3.70. The molecule has 0 saturated heterocycles. The number of anilines is 1. The van der Waals surface area contributed by atoms with E-state index in [0.29, 0.717) is 6.54 Å². The zero-order valence-electron chi connectivity index (χ0n) is 17.3. The van der Waals surface area contributed by atoms with Crippen LogP contribution in [-0.2, 0) is 0 Å². The quantitative estimate of drug-likeness (QED) is 0.327. The van der Waals surface area contributed by atoms with Crippen LogP contribution >= 0.6 is 0 Å². The monoisotopic (exact) mass is 392 g/mol. The lowest BCUT2D eigenvalue weighted by Crippen LogP contribution is -2.02. The maximum Gasteiger partial charge on any atom is 0.113 e. The summed E-state index contributed by atoms with van der Waals surface area (Å²) in [5.41, 5.74) is 8.23. The second-order valence-corrected chi connectivity index (χ2v) is 7.48. The zero-order chi connectivity index (χ0) is 21.1. The predicted molar refractivity (Wildman–Crippen MR) is 125 cm³/mol. The van der Waals surface area contributed by atoms with Crippen LogP contribution in [0.2, 0.25) is 0 Å². The van der Waals surface area contributed by atoms with Crippen LogP contribution in [0, 0.1) is 12.3 Å². The summed E-state index contributed by atoms with van der Waals surface area (Å²) in [5, 5.41) is 11.9. The first kappa shape index (κ1) is 19.5. The Hall–Kier alpha value is -3.84. The van der Waals surface area contributed by atoms with Gasteiger partial charge in [-0.15, -0.1) is 18.1 Å². The van der Waals surface area contributed by atoms with E-state index in [0.717, 1.165) is 44.5 Å². The molecule has 4 nitrogen and oxygen atoms in total. The Balaban J connectivity index is 1.62.